The second kappa shape index (κ2) is 4.49. The van der Waals surface area contributed by atoms with Crippen LogP contribution in [0.15, 0.2) is 24.3 Å². The SMILES string of the molecule is OC1OCCC1C(O)c1ccc(Cl)cc1. The van der Waals surface area contributed by atoms with Gasteiger partial charge in [0.25, 0.3) is 0 Å². The summed E-state index contributed by atoms with van der Waals surface area (Å²) in [7, 11) is 0. The van der Waals surface area contributed by atoms with Crippen LogP contribution in [0.4, 0.5) is 0 Å². The molecule has 0 spiro atoms. The van der Waals surface area contributed by atoms with Gasteiger partial charge in [-0.2, -0.15) is 0 Å². The molecular formula is C11H13ClO3. The van der Waals surface area contributed by atoms with Crippen LogP contribution in [0, 0.1) is 5.92 Å². The quantitative estimate of drug-likeness (QED) is 0.811. The number of aliphatic hydroxyl groups is 2. The number of hydrogen-bond acceptors (Lipinski definition) is 3. The van der Waals surface area contributed by atoms with Crippen LogP contribution in [0.25, 0.3) is 0 Å². The molecule has 15 heavy (non-hydrogen) atoms. The molecule has 0 amide bonds. The summed E-state index contributed by atoms with van der Waals surface area (Å²) >= 11 is 5.75. The van der Waals surface area contributed by atoms with Gasteiger partial charge in [-0.1, -0.05) is 23.7 Å². The third-order valence-corrected chi connectivity index (χ3v) is 2.98. The van der Waals surface area contributed by atoms with E-state index < -0.39 is 12.4 Å². The Hall–Kier alpha value is -0.610. The van der Waals surface area contributed by atoms with Crippen LogP contribution in [-0.4, -0.2) is 23.1 Å². The standard InChI is InChI=1S/C11H13ClO3/c12-8-3-1-7(2-4-8)10(13)9-5-6-15-11(9)14/h1-4,9-11,13-14H,5-6H2. The zero-order valence-electron chi connectivity index (χ0n) is 8.14. The Morgan fingerprint density at radius 3 is 2.53 bits per heavy atom. The molecule has 0 saturated carbocycles. The molecule has 0 bridgehead atoms. The third kappa shape index (κ3) is 2.32. The third-order valence-electron chi connectivity index (χ3n) is 2.72. The maximum Gasteiger partial charge on any atom is 0.160 e. The Bertz CT molecular complexity index is 325. The molecule has 0 radical (unpaired) electrons. The van der Waals surface area contributed by atoms with Crippen molar-refractivity contribution in [2.24, 2.45) is 5.92 Å². The van der Waals surface area contributed by atoms with Crippen molar-refractivity contribution in [2.45, 2.75) is 18.8 Å². The van der Waals surface area contributed by atoms with Gasteiger partial charge in [0, 0.05) is 10.9 Å². The minimum atomic E-state index is -0.865. The summed E-state index contributed by atoms with van der Waals surface area (Å²) in [5, 5.41) is 20.1. The molecule has 3 unspecified atom stereocenters. The van der Waals surface area contributed by atoms with E-state index in [1.165, 1.54) is 0 Å². The molecule has 2 N–H and O–H groups in total. The van der Waals surface area contributed by atoms with E-state index in [9.17, 15) is 10.2 Å². The lowest BCUT2D eigenvalue weighted by atomic mass is 9.94. The first-order chi connectivity index (χ1) is 7.18. The molecular weight excluding hydrogens is 216 g/mol. The Kier molecular flexibility index (Phi) is 3.26. The van der Waals surface area contributed by atoms with E-state index in [0.717, 1.165) is 5.56 Å². The highest BCUT2D eigenvalue weighted by molar-refractivity contribution is 6.30. The van der Waals surface area contributed by atoms with Crippen LogP contribution in [0.1, 0.15) is 18.1 Å². The molecule has 3 atom stereocenters. The average Bonchev–Trinajstić information content (AvgIpc) is 2.65. The lowest BCUT2D eigenvalue weighted by Crippen LogP contribution is -2.22. The van der Waals surface area contributed by atoms with Crippen molar-refractivity contribution in [1.29, 1.82) is 0 Å². The van der Waals surface area contributed by atoms with Gasteiger partial charge in [0.2, 0.25) is 0 Å². The van der Waals surface area contributed by atoms with E-state index in [-0.39, 0.29) is 5.92 Å². The van der Waals surface area contributed by atoms with Crippen molar-refractivity contribution in [3.63, 3.8) is 0 Å². The Morgan fingerprint density at radius 2 is 2.00 bits per heavy atom. The number of halogens is 1. The van der Waals surface area contributed by atoms with E-state index in [2.05, 4.69) is 0 Å². The van der Waals surface area contributed by atoms with Gasteiger partial charge in [0.15, 0.2) is 6.29 Å². The van der Waals surface area contributed by atoms with Gasteiger partial charge in [0.05, 0.1) is 12.7 Å². The smallest absolute Gasteiger partial charge is 0.160 e. The topological polar surface area (TPSA) is 49.7 Å². The highest BCUT2D eigenvalue weighted by Gasteiger charge is 2.33. The molecule has 1 aromatic rings. The van der Waals surface area contributed by atoms with Gasteiger partial charge in [-0.15, -0.1) is 0 Å². The second-order valence-electron chi connectivity index (χ2n) is 3.71. The van der Waals surface area contributed by atoms with E-state index in [1.54, 1.807) is 24.3 Å². The van der Waals surface area contributed by atoms with Crippen LogP contribution in [-0.2, 0) is 4.74 Å². The van der Waals surface area contributed by atoms with E-state index in [4.69, 9.17) is 16.3 Å². The predicted molar refractivity (Wildman–Crippen MR) is 56.5 cm³/mol. The summed E-state index contributed by atoms with van der Waals surface area (Å²) in [6, 6.07) is 6.97. The summed E-state index contributed by atoms with van der Waals surface area (Å²) in [6.07, 6.45) is -0.888. The van der Waals surface area contributed by atoms with Crippen LogP contribution >= 0.6 is 11.6 Å². The van der Waals surface area contributed by atoms with Crippen molar-refractivity contribution in [1.82, 2.24) is 0 Å². The van der Waals surface area contributed by atoms with Gasteiger partial charge in [0.1, 0.15) is 0 Å². The predicted octanol–water partition coefficient (Wildman–Crippen LogP) is 1.73. The number of benzene rings is 1. The largest absolute Gasteiger partial charge is 0.388 e. The minimum Gasteiger partial charge on any atom is -0.388 e. The Labute approximate surface area is 93.3 Å². The summed E-state index contributed by atoms with van der Waals surface area (Å²) < 4.78 is 5.00. The van der Waals surface area contributed by atoms with Gasteiger partial charge in [-0.05, 0) is 24.1 Å². The van der Waals surface area contributed by atoms with E-state index in [0.29, 0.717) is 18.1 Å². The zero-order chi connectivity index (χ0) is 10.8. The molecule has 3 nitrogen and oxygen atoms in total. The van der Waals surface area contributed by atoms with Gasteiger partial charge >= 0.3 is 0 Å². The summed E-state index contributed by atoms with van der Waals surface area (Å²) in [4.78, 5) is 0. The van der Waals surface area contributed by atoms with Crippen molar-refractivity contribution in [3.8, 4) is 0 Å². The highest BCUT2D eigenvalue weighted by Crippen LogP contribution is 2.32. The zero-order valence-corrected chi connectivity index (χ0v) is 8.89. The molecule has 1 aliphatic rings. The van der Waals surface area contributed by atoms with Crippen LogP contribution in [0.5, 0.6) is 0 Å². The molecule has 1 aromatic carbocycles. The summed E-state index contributed by atoms with van der Waals surface area (Å²) in [6.45, 7) is 0.497. The Balaban J connectivity index is 2.13. The fraction of sp³-hybridized carbons (Fsp3) is 0.455. The average molecular weight is 229 g/mol. The Morgan fingerprint density at radius 1 is 1.33 bits per heavy atom. The maximum absolute atomic E-state index is 10.00. The highest BCUT2D eigenvalue weighted by atomic mass is 35.5. The minimum absolute atomic E-state index is 0.244. The van der Waals surface area contributed by atoms with Crippen LogP contribution in [0.2, 0.25) is 5.02 Å². The maximum atomic E-state index is 10.00. The lowest BCUT2D eigenvalue weighted by Gasteiger charge is -2.20. The molecule has 2 rings (SSSR count). The lowest BCUT2D eigenvalue weighted by molar-refractivity contribution is -0.106. The number of ether oxygens (including phenoxy) is 1. The molecule has 82 valence electrons. The van der Waals surface area contributed by atoms with E-state index >= 15 is 0 Å². The van der Waals surface area contributed by atoms with Crippen molar-refractivity contribution >= 4 is 11.6 Å². The second-order valence-corrected chi connectivity index (χ2v) is 4.15. The normalized spacial score (nSPS) is 27.9. The van der Waals surface area contributed by atoms with E-state index in [1.807, 2.05) is 0 Å². The summed E-state index contributed by atoms with van der Waals surface area (Å²) in [5.41, 5.74) is 0.758. The first kappa shape index (κ1) is 10.9. The number of aliphatic hydroxyl groups excluding tert-OH is 2. The molecule has 1 saturated heterocycles. The number of rotatable bonds is 2. The van der Waals surface area contributed by atoms with Gasteiger partial charge < -0.3 is 14.9 Å². The molecule has 0 aromatic heterocycles. The van der Waals surface area contributed by atoms with Crippen LogP contribution in [0.3, 0.4) is 0 Å². The first-order valence-corrected chi connectivity index (χ1v) is 5.29. The van der Waals surface area contributed by atoms with Crippen molar-refractivity contribution in [3.05, 3.63) is 34.9 Å². The fourth-order valence-electron chi connectivity index (χ4n) is 1.81. The number of hydrogen-bond donors (Lipinski definition) is 2. The van der Waals surface area contributed by atoms with Crippen molar-refractivity contribution < 1.29 is 14.9 Å². The van der Waals surface area contributed by atoms with Gasteiger partial charge in [-0.25, -0.2) is 0 Å². The molecule has 0 aliphatic carbocycles. The van der Waals surface area contributed by atoms with Crippen molar-refractivity contribution in [2.75, 3.05) is 6.61 Å². The summed E-state index contributed by atoms with van der Waals surface area (Å²) in [5.74, 6) is -0.244. The molecule has 1 heterocycles. The monoisotopic (exact) mass is 228 g/mol. The van der Waals surface area contributed by atoms with Gasteiger partial charge in [-0.3, -0.25) is 0 Å². The first-order valence-electron chi connectivity index (χ1n) is 4.91. The fourth-order valence-corrected chi connectivity index (χ4v) is 1.94. The van der Waals surface area contributed by atoms with Crippen LogP contribution < -0.4 is 0 Å². The molecule has 1 fully saturated rings. The molecule has 1 aliphatic heterocycles. The molecule has 4 heteroatoms.